The van der Waals surface area contributed by atoms with E-state index in [4.69, 9.17) is 0 Å². The van der Waals surface area contributed by atoms with Gasteiger partial charge in [-0.1, -0.05) is 6.92 Å². The Bertz CT molecular complexity index is 474. The van der Waals surface area contributed by atoms with Crippen molar-refractivity contribution in [3.05, 3.63) is 0 Å². The summed E-state index contributed by atoms with van der Waals surface area (Å²) in [5.74, 6) is 0.223. The summed E-state index contributed by atoms with van der Waals surface area (Å²) in [4.78, 5) is 14.7. The van der Waals surface area contributed by atoms with Crippen molar-refractivity contribution in [2.24, 2.45) is 11.8 Å². The number of hydrogen-bond acceptors (Lipinski definition) is 4. The second-order valence-corrected chi connectivity index (χ2v) is 8.80. The van der Waals surface area contributed by atoms with Crippen LogP contribution in [0, 0.1) is 11.8 Å². The lowest BCUT2D eigenvalue weighted by Gasteiger charge is -2.30. The molecule has 2 fully saturated rings. The van der Waals surface area contributed by atoms with Crippen LogP contribution in [0.1, 0.15) is 32.6 Å². The maximum atomic E-state index is 12.3. The molecule has 0 unspecified atom stereocenters. The first kappa shape index (κ1) is 17.7. The molecule has 0 saturated carbocycles. The molecule has 6 nitrogen and oxygen atoms in total. The fourth-order valence-electron chi connectivity index (χ4n) is 3.35. The van der Waals surface area contributed by atoms with Gasteiger partial charge >= 0.3 is 0 Å². The number of nitrogens with one attached hydrogen (secondary N) is 1. The van der Waals surface area contributed by atoms with Gasteiger partial charge in [0.25, 0.3) is 0 Å². The molecule has 7 heteroatoms. The van der Waals surface area contributed by atoms with E-state index in [1.165, 1.54) is 36.5 Å². The van der Waals surface area contributed by atoms with Crippen molar-refractivity contribution in [1.29, 1.82) is 0 Å². The molecule has 0 aromatic heterocycles. The molecular weight excluding hydrogens is 302 g/mol. The van der Waals surface area contributed by atoms with E-state index in [-0.39, 0.29) is 11.8 Å². The van der Waals surface area contributed by atoms with E-state index in [2.05, 4.69) is 17.1 Å². The number of rotatable bonds is 6. The summed E-state index contributed by atoms with van der Waals surface area (Å²) in [5.41, 5.74) is 0. The molecule has 0 bridgehead atoms. The van der Waals surface area contributed by atoms with Crippen LogP contribution in [0.4, 0.5) is 0 Å². The van der Waals surface area contributed by atoms with Crippen molar-refractivity contribution in [3.63, 3.8) is 0 Å². The number of nitrogens with zero attached hydrogens (tertiary/aromatic N) is 2. The van der Waals surface area contributed by atoms with Crippen LogP contribution < -0.4 is 5.32 Å². The van der Waals surface area contributed by atoms with Gasteiger partial charge in [-0.15, -0.1) is 0 Å². The lowest BCUT2D eigenvalue weighted by molar-refractivity contribution is -0.126. The average molecular weight is 331 g/mol. The fraction of sp³-hybridized carbons (Fsp3) is 0.933. The summed E-state index contributed by atoms with van der Waals surface area (Å²) in [6, 6.07) is 0. The van der Waals surface area contributed by atoms with E-state index in [1.54, 1.807) is 0 Å². The predicted octanol–water partition coefficient (Wildman–Crippen LogP) is 0.506. The van der Waals surface area contributed by atoms with E-state index in [0.29, 0.717) is 25.6 Å². The zero-order chi connectivity index (χ0) is 16.2. The lowest BCUT2D eigenvalue weighted by Crippen LogP contribution is -2.46. The minimum atomic E-state index is -3.19. The van der Waals surface area contributed by atoms with Crippen molar-refractivity contribution in [2.45, 2.75) is 32.6 Å². The number of sulfonamides is 1. The van der Waals surface area contributed by atoms with Gasteiger partial charge in [-0.3, -0.25) is 4.79 Å². The van der Waals surface area contributed by atoms with Gasteiger partial charge in [0.2, 0.25) is 15.9 Å². The number of hydrogen-bond donors (Lipinski definition) is 1. The van der Waals surface area contributed by atoms with Crippen molar-refractivity contribution in [3.8, 4) is 0 Å². The van der Waals surface area contributed by atoms with Crippen LogP contribution >= 0.6 is 0 Å². The molecule has 22 heavy (non-hydrogen) atoms. The SMILES string of the molecule is C[C@H](CNC(=O)[C@H]1CCCN(S(C)(=O)=O)C1)CN1CCCC1. The molecule has 2 atom stereocenters. The first-order valence-corrected chi connectivity index (χ1v) is 10.2. The normalized spacial score (nSPS) is 26.0. The lowest BCUT2D eigenvalue weighted by atomic mass is 9.98. The van der Waals surface area contributed by atoms with Crippen LogP contribution in [-0.4, -0.2) is 69.1 Å². The molecule has 2 saturated heterocycles. The minimum Gasteiger partial charge on any atom is -0.356 e. The Balaban J connectivity index is 1.74. The summed E-state index contributed by atoms with van der Waals surface area (Å²) in [6.07, 6.45) is 5.31. The third-order valence-corrected chi connectivity index (χ3v) is 5.89. The fourth-order valence-corrected chi connectivity index (χ4v) is 4.26. The first-order valence-electron chi connectivity index (χ1n) is 8.31. The molecule has 0 spiro atoms. The van der Waals surface area contributed by atoms with E-state index in [9.17, 15) is 13.2 Å². The summed E-state index contributed by atoms with van der Waals surface area (Å²) >= 11 is 0. The highest BCUT2D eigenvalue weighted by atomic mass is 32.2. The van der Waals surface area contributed by atoms with Gasteiger partial charge in [0, 0.05) is 26.2 Å². The van der Waals surface area contributed by atoms with Crippen molar-refractivity contribution < 1.29 is 13.2 Å². The van der Waals surface area contributed by atoms with Gasteiger partial charge in [0.15, 0.2) is 0 Å². The van der Waals surface area contributed by atoms with Crippen molar-refractivity contribution in [1.82, 2.24) is 14.5 Å². The van der Waals surface area contributed by atoms with Crippen LogP contribution in [0.5, 0.6) is 0 Å². The topological polar surface area (TPSA) is 69.7 Å². The molecule has 1 amide bonds. The van der Waals surface area contributed by atoms with E-state index >= 15 is 0 Å². The molecule has 1 N–H and O–H groups in total. The number of amides is 1. The zero-order valence-corrected chi connectivity index (χ0v) is 14.6. The molecule has 2 aliphatic heterocycles. The zero-order valence-electron chi connectivity index (χ0n) is 13.8. The smallest absolute Gasteiger partial charge is 0.224 e. The Morgan fingerprint density at radius 2 is 1.91 bits per heavy atom. The van der Waals surface area contributed by atoms with Gasteiger partial charge < -0.3 is 10.2 Å². The molecule has 0 radical (unpaired) electrons. The number of carbonyl (C=O) groups excluding carboxylic acids is 1. The van der Waals surface area contributed by atoms with Gasteiger partial charge in [-0.05, 0) is 44.7 Å². The third-order valence-electron chi connectivity index (χ3n) is 4.62. The quantitative estimate of drug-likeness (QED) is 0.770. The van der Waals surface area contributed by atoms with E-state index < -0.39 is 10.0 Å². The van der Waals surface area contributed by atoms with Gasteiger partial charge in [0.1, 0.15) is 0 Å². The second-order valence-electron chi connectivity index (χ2n) is 6.82. The van der Waals surface area contributed by atoms with Gasteiger partial charge in [-0.2, -0.15) is 0 Å². The standard InChI is InChI=1S/C15H29N3O3S/c1-13(11-17-7-3-4-8-17)10-16-15(19)14-6-5-9-18(12-14)22(2,20)21/h13-14H,3-12H2,1-2H3,(H,16,19)/t13-,14+/m1/s1. The molecule has 2 aliphatic rings. The van der Waals surface area contributed by atoms with Crippen LogP contribution in [0.25, 0.3) is 0 Å². The molecule has 2 heterocycles. The number of piperidine rings is 1. The highest BCUT2D eigenvalue weighted by molar-refractivity contribution is 7.88. The Morgan fingerprint density at radius 1 is 1.23 bits per heavy atom. The van der Waals surface area contributed by atoms with Gasteiger partial charge in [-0.25, -0.2) is 12.7 Å². The molecular formula is C15H29N3O3S. The number of carbonyl (C=O) groups is 1. The second kappa shape index (κ2) is 7.75. The molecule has 128 valence electrons. The Labute approximate surface area is 134 Å². The molecule has 0 aromatic carbocycles. The highest BCUT2D eigenvalue weighted by Crippen LogP contribution is 2.19. The summed E-state index contributed by atoms with van der Waals surface area (Å²) in [7, 11) is -3.19. The van der Waals surface area contributed by atoms with Crippen molar-refractivity contribution in [2.75, 3.05) is 45.5 Å². The Kier molecular flexibility index (Phi) is 6.23. The maximum Gasteiger partial charge on any atom is 0.224 e. The highest BCUT2D eigenvalue weighted by Gasteiger charge is 2.30. The van der Waals surface area contributed by atoms with Gasteiger partial charge in [0.05, 0.1) is 12.2 Å². The van der Waals surface area contributed by atoms with Crippen LogP contribution in [0.3, 0.4) is 0 Å². The summed E-state index contributed by atoms with van der Waals surface area (Å²) in [5, 5.41) is 3.01. The number of likely N-dealkylation sites (tertiary alicyclic amines) is 1. The van der Waals surface area contributed by atoms with Crippen molar-refractivity contribution >= 4 is 15.9 Å². The molecule has 0 aromatic rings. The third kappa shape index (κ3) is 5.21. The predicted molar refractivity (Wildman–Crippen MR) is 87.0 cm³/mol. The first-order chi connectivity index (χ1) is 10.4. The minimum absolute atomic E-state index is 0.00150. The van der Waals surface area contributed by atoms with Crippen LogP contribution in [0.15, 0.2) is 0 Å². The van der Waals surface area contributed by atoms with Crippen LogP contribution in [0.2, 0.25) is 0 Å². The maximum absolute atomic E-state index is 12.3. The van der Waals surface area contributed by atoms with E-state index in [0.717, 1.165) is 19.4 Å². The summed E-state index contributed by atoms with van der Waals surface area (Å²) < 4.78 is 24.6. The molecule has 0 aliphatic carbocycles. The largest absolute Gasteiger partial charge is 0.356 e. The Hall–Kier alpha value is -0.660. The van der Waals surface area contributed by atoms with E-state index in [1.807, 2.05) is 0 Å². The average Bonchev–Trinajstić information content (AvgIpc) is 2.97. The monoisotopic (exact) mass is 331 g/mol. The van der Waals surface area contributed by atoms with Crippen LogP contribution in [-0.2, 0) is 14.8 Å². The Morgan fingerprint density at radius 3 is 2.55 bits per heavy atom. The molecule has 2 rings (SSSR count). The summed E-state index contributed by atoms with van der Waals surface area (Å²) in [6.45, 7) is 7.06.